The number of nitrogens with zero attached hydrogens (tertiary/aromatic N) is 1. The fourth-order valence-corrected chi connectivity index (χ4v) is 3.03. The van der Waals surface area contributed by atoms with Gasteiger partial charge in [-0.2, -0.15) is 0 Å². The first kappa shape index (κ1) is 11.2. The summed E-state index contributed by atoms with van der Waals surface area (Å²) < 4.78 is 0.775. The molecule has 2 bridgehead atoms. The zero-order valence-electron chi connectivity index (χ0n) is 9.32. The first-order valence-corrected chi connectivity index (χ1v) is 6.70. The van der Waals surface area contributed by atoms with Gasteiger partial charge in [0.15, 0.2) is 0 Å². The lowest BCUT2D eigenvalue weighted by atomic mass is 9.88. The van der Waals surface area contributed by atoms with Crippen LogP contribution in [0.4, 0.5) is 5.69 Å². The summed E-state index contributed by atoms with van der Waals surface area (Å²) in [6.45, 7) is 0. The molecule has 3 heterocycles. The van der Waals surface area contributed by atoms with Crippen LogP contribution in [0, 0.1) is 5.92 Å². The molecule has 2 N–H and O–H groups in total. The highest BCUT2D eigenvalue weighted by Gasteiger charge is 2.42. The van der Waals surface area contributed by atoms with E-state index < -0.39 is 0 Å². The molecule has 90 valence electrons. The van der Waals surface area contributed by atoms with Crippen LogP contribution in [-0.2, 0) is 4.79 Å². The Morgan fingerprint density at radius 3 is 2.94 bits per heavy atom. The zero-order chi connectivity index (χ0) is 11.8. The van der Waals surface area contributed by atoms with Gasteiger partial charge < -0.3 is 10.6 Å². The minimum Gasteiger partial charge on any atom is -0.324 e. The molecule has 1 aromatic rings. The lowest BCUT2D eigenvalue weighted by Gasteiger charge is -2.19. The van der Waals surface area contributed by atoms with E-state index in [4.69, 9.17) is 0 Å². The Hall–Kier alpha value is -0.940. The van der Waals surface area contributed by atoms with E-state index in [2.05, 4.69) is 31.5 Å². The number of rotatable bonds is 2. The topological polar surface area (TPSA) is 54.0 Å². The monoisotopic (exact) mass is 295 g/mol. The summed E-state index contributed by atoms with van der Waals surface area (Å²) in [5, 5.41) is 6.40. The van der Waals surface area contributed by atoms with Gasteiger partial charge in [0.1, 0.15) is 4.60 Å². The number of pyridine rings is 1. The number of aromatic nitrogens is 1. The molecule has 2 aliphatic rings. The SMILES string of the molecule is O=C(Nc1ccc(Br)nc1)C1CC2CCC1N2. The van der Waals surface area contributed by atoms with Gasteiger partial charge in [-0.3, -0.25) is 4.79 Å². The van der Waals surface area contributed by atoms with Gasteiger partial charge in [0, 0.05) is 12.1 Å². The number of amides is 1. The number of nitrogens with one attached hydrogen (secondary N) is 2. The van der Waals surface area contributed by atoms with E-state index in [0.717, 1.165) is 23.1 Å². The normalized spacial score (nSPS) is 30.5. The smallest absolute Gasteiger partial charge is 0.229 e. The molecule has 1 aromatic heterocycles. The fourth-order valence-electron chi connectivity index (χ4n) is 2.80. The highest BCUT2D eigenvalue weighted by Crippen LogP contribution is 2.33. The van der Waals surface area contributed by atoms with Gasteiger partial charge in [0.05, 0.1) is 17.8 Å². The van der Waals surface area contributed by atoms with Crippen molar-refractivity contribution in [2.75, 3.05) is 5.32 Å². The number of halogens is 1. The summed E-state index contributed by atoms with van der Waals surface area (Å²) in [5.74, 6) is 0.242. The highest BCUT2D eigenvalue weighted by atomic mass is 79.9. The molecule has 3 atom stereocenters. The lowest BCUT2D eigenvalue weighted by Crippen LogP contribution is -2.32. The quantitative estimate of drug-likeness (QED) is 0.820. The van der Waals surface area contributed by atoms with Crippen LogP contribution in [-0.4, -0.2) is 23.0 Å². The summed E-state index contributed by atoms with van der Waals surface area (Å²) in [6, 6.07) is 4.62. The Balaban J connectivity index is 1.65. The van der Waals surface area contributed by atoms with Crippen molar-refractivity contribution in [2.24, 2.45) is 5.92 Å². The summed E-state index contributed by atoms with van der Waals surface area (Å²) in [7, 11) is 0. The largest absolute Gasteiger partial charge is 0.324 e. The van der Waals surface area contributed by atoms with Crippen LogP contribution >= 0.6 is 15.9 Å². The maximum Gasteiger partial charge on any atom is 0.229 e. The van der Waals surface area contributed by atoms with E-state index in [9.17, 15) is 4.79 Å². The van der Waals surface area contributed by atoms with Crippen LogP contribution in [0.25, 0.3) is 0 Å². The summed E-state index contributed by atoms with van der Waals surface area (Å²) in [5.41, 5.74) is 0.765. The standard InChI is InChI=1S/C12H14BrN3O/c13-11-4-2-8(6-14-11)16-12(17)9-5-7-1-3-10(9)15-7/h2,4,6-7,9-10,15H,1,3,5H2,(H,16,17). The summed E-state index contributed by atoms with van der Waals surface area (Å²) >= 11 is 3.27. The van der Waals surface area contributed by atoms with E-state index in [1.54, 1.807) is 6.20 Å². The van der Waals surface area contributed by atoms with Crippen molar-refractivity contribution in [2.45, 2.75) is 31.3 Å². The van der Waals surface area contributed by atoms with E-state index >= 15 is 0 Å². The Bertz CT molecular complexity index is 434. The molecular formula is C12H14BrN3O. The predicted octanol–water partition coefficient (Wildman–Crippen LogP) is 1.92. The third-order valence-corrected chi connectivity index (χ3v) is 4.10. The predicted molar refractivity (Wildman–Crippen MR) is 68.6 cm³/mol. The van der Waals surface area contributed by atoms with Gasteiger partial charge >= 0.3 is 0 Å². The first-order valence-electron chi connectivity index (χ1n) is 5.91. The molecular weight excluding hydrogens is 282 g/mol. The molecule has 0 aromatic carbocycles. The Morgan fingerprint density at radius 1 is 1.47 bits per heavy atom. The van der Waals surface area contributed by atoms with Crippen LogP contribution in [0.15, 0.2) is 22.9 Å². The zero-order valence-corrected chi connectivity index (χ0v) is 10.9. The molecule has 3 unspecified atom stereocenters. The summed E-state index contributed by atoms with van der Waals surface area (Å²) in [4.78, 5) is 16.2. The Morgan fingerprint density at radius 2 is 2.35 bits per heavy atom. The van der Waals surface area contributed by atoms with Crippen molar-refractivity contribution in [1.29, 1.82) is 0 Å². The fraction of sp³-hybridized carbons (Fsp3) is 0.500. The molecule has 5 heteroatoms. The molecule has 0 radical (unpaired) electrons. The third kappa shape index (κ3) is 2.21. The maximum absolute atomic E-state index is 12.1. The Kier molecular flexibility index (Phi) is 2.88. The van der Waals surface area contributed by atoms with Gasteiger partial charge in [-0.1, -0.05) is 0 Å². The van der Waals surface area contributed by atoms with Crippen molar-refractivity contribution >= 4 is 27.5 Å². The highest BCUT2D eigenvalue weighted by molar-refractivity contribution is 9.10. The molecule has 0 spiro atoms. The Labute approximate surface area is 108 Å². The minimum atomic E-state index is 0.119. The van der Waals surface area contributed by atoms with Gasteiger partial charge in [-0.05, 0) is 47.3 Å². The molecule has 3 rings (SSSR count). The lowest BCUT2D eigenvalue weighted by molar-refractivity contribution is -0.120. The van der Waals surface area contributed by atoms with Gasteiger partial charge in [-0.15, -0.1) is 0 Å². The third-order valence-electron chi connectivity index (χ3n) is 3.63. The van der Waals surface area contributed by atoms with Gasteiger partial charge in [-0.25, -0.2) is 4.98 Å². The number of carbonyl (C=O) groups excluding carboxylic acids is 1. The number of hydrogen-bond acceptors (Lipinski definition) is 3. The average Bonchev–Trinajstić information content (AvgIpc) is 2.94. The number of fused-ring (bicyclic) bond motifs is 2. The number of hydrogen-bond donors (Lipinski definition) is 2. The first-order chi connectivity index (χ1) is 8.22. The van der Waals surface area contributed by atoms with Gasteiger partial charge in [0.2, 0.25) is 5.91 Å². The van der Waals surface area contributed by atoms with E-state index in [1.807, 2.05) is 12.1 Å². The molecule has 0 aliphatic carbocycles. The van der Waals surface area contributed by atoms with Crippen LogP contribution in [0.1, 0.15) is 19.3 Å². The van der Waals surface area contributed by atoms with Gasteiger partial charge in [0.25, 0.3) is 0 Å². The van der Waals surface area contributed by atoms with Crippen LogP contribution in [0.5, 0.6) is 0 Å². The second-order valence-corrected chi connectivity index (χ2v) is 5.56. The molecule has 0 saturated carbocycles. The number of anilines is 1. The second kappa shape index (κ2) is 4.38. The van der Waals surface area contributed by atoms with Crippen molar-refractivity contribution in [1.82, 2.24) is 10.3 Å². The van der Waals surface area contributed by atoms with E-state index in [-0.39, 0.29) is 11.8 Å². The van der Waals surface area contributed by atoms with E-state index in [0.29, 0.717) is 12.1 Å². The molecule has 1 amide bonds. The van der Waals surface area contributed by atoms with Crippen molar-refractivity contribution in [3.63, 3.8) is 0 Å². The summed E-state index contributed by atoms with van der Waals surface area (Å²) in [6.07, 6.45) is 4.98. The molecule has 17 heavy (non-hydrogen) atoms. The van der Waals surface area contributed by atoms with Crippen LogP contribution in [0.2, 0.25) is 0 Å². The second-order valence-electron chi connectivity index (χ2n) is 4.75. The van der Waals surface area contributed by atoms with Crippen LogP contribution < -0.4 is 10.6 Å². The number of carbonyl (C=O) groups is 1. The van der Waals surface area contributed by atoms with Crippen molar-refractivity contribution in [3.05, 3.63) is 22.9 Å². The average molecular weight is 296 g/mol. The molecule has 2 saturated heterocycles. The van der Waals surface area contributed by atoms with E-state index in [1.165, 1.54) is 6.42 Å². The molecule has 2 aliphatic heterocycles. The van der Waals surface area contributed by atoms with Crippen molar-refractivity contribution in [3.8, 4) is 0 Å². The minimum absolute atomic E-state index is 0.119. The molecule has 4 nitrogen and oxygen atoms in total. The van der Waals surface area contributed by atoms with Crippen LogP contribution in [0.3, 0.4) is 0 Å². The molecule has 2 fully saturated rings. The maximum atomic E-state index is 12.1. The van der Waals surface area contributed by atoms with Crippen molar-refractivity contribution < 1.29 is 4.79 Å².